The summed E-state index contributed by atoms with van der Waals surface area (Å²) in [6.45, 7) is 4.72. The smallest absolute Gasteiger partial charge is 0.345 e. The maximum atomic E-state index is 12.0. The molecule has 0 spiro atoms. The van der Waals surface area contributed by atoms with E-state index in [9.17, 15) is 13.2 Å². The summed E-state index contributed by atoms with van der Waals surface area (Å²) in [4.78, 5) is 11.1. The van der Waals surface area contributed by atoms with E-state index in [2.05, 4.69) is 4.72 Å². The zero-order valence-electron chi connectivity index (χ0n) is 10.7. The molecule has 0 aliphatic rings. The van der Waals surface area contributed by atoms with E-state index in [-0.39, 0.29) is 16.3 Å². The van der Waals surface area contributed by atoms with Crippen LogP contribution in [-0.2, 0) is 10.0 Å². The third kappa shape index (κ3) is 3.76. The van der Waals surface area contributed by atoms with Gasteiger partial charge in [-0.25, -0.2) is 17.9 Å². The highest BCUT2D eigenvalue weighted by Crippen LogP contribution is 2.26. The summed E-state index contributed by atoms with van der Waals surface area (Å²) in [6.07, 6.45) is 0. The number of rotatable bonds is 5. The largest absolute Gasteiger partial charge is 0.477 e. The van der Waals surface area contributed by atoms with Crippen molar-refractivity contribution >= 4 is 27.3 Å². The summed E-state index contributed by atoms with van der Waals surface area (Å²) in [5.74, 6) is -1.16. The molecule has 1 aromatic heterocycles. The number of aromatic carboxylic acids is 1. The molecule has 0 atom stereocenters. The molecule has 8 heteroatoms. The minimum absolute atomic E-state index is 0.0302. The number of nitrogens with one attached hydrogen (secondary N) is 1. The van der Waals surface area contributed by atoms with Crippen LogP contribution >= 0.6 is 11.3 Å². The highest BCUT2D eigenvalue weighted by molar-refractivity contribution is 7.89. The van der Waals surface area contributed by atoms with Crippen LogP contribution < -0.4 is 4.72 Å². The number of carboxylic acid groups (broad SMARTS) is 1. The third-order valence-corrected chi connectivity index (χ3v) is 5.07. The average Bonchev–Trinajstić information content (AvgIpc) is 2.70. The number of hydrogen-bond acceptors (Lipinski definition) is 5. The van der Waals surface area contributed by atoms with Crippen LogP contribution in [0.3, 0.4) is 0 Å². The van der Waals surface area contributed by atoms with Gasteiger partial charge in [-0.1, -0.05) is 0 Å². The van der Waals surface area contributed by atoms with E-state index in [0.717, 1.165) is 17.4 Å². The van der Waals surface area contributed by atoms with Gasteiger partial charge in [-0.05, 0) is 26.8 Å². The Morgan fingerprint density at radius 2 is 2.16 bits per heavy atom. The van der Waals surface area contributed by atoms with Crippen LogP contribution in [0.2, 0.25) is 0 Å². The van der Waals surface area contributed by atoms with Crippen molar-refractivity contribution in [1.82, 2.24) is 4.72 Å². The summed E-state index contributed by atoms with van der Waals surface area (Å²) >= 11 is 0.905. The summed E-state index contributed by atoms with van der Waals surface area (Å²) in [5, 5.41) is 17.7. The molecule has 2 N–H and O–H groups in total. The Bertz CT molecular complexity index is 638. The molecule has 19 heavy (non-hydrogen) atoms. The van der Waals surface area contributed by atoms with Crippen LogP contribution in [0.4, 0.5) is 0 Å². The van der Waals surface area contributed by atoms with Crippen molar-refractivity contribution in [2.24, 2.45) is 5.41 Å². The second kappa shape index (κ2) is 5.28. The Labute approximate surface area is 115 Å². The summed E-state index contributed by atoms with van der Waals surface area (Å²) in [6, 6.07) is 3.11. The molecule has 0 radical (unpaired) electrons. The average molecular weight is 302 g/mol. The summed E-state index contributed by atoms with van der Waals surface area (Å²) in [7, 11) is -3.80. The molecule has 0 aliphatic carbocycles. The van der Waals surface area contributed by atoms with Crippen LogP contribution in [0, 0.1) is 23.7 Å². The first-order valence-corrected chi connectivity index (χ1v) is 7.64. The molecular weight excluding hydrogens is 288 g/mol. The lowest BCUT2D eigenvalue weighted by molar-refractivity contribution is 0.0702. The van der Waals surface area contributed by atoms with Crippen molar-refractivity contribution in [2.45, 2.75) is 25.7 Å². The fourth-order valence-electron chi connectivity index (χ4n) is 1.23. The van der Waals surface area contributed by atoms with Crippen molar-refractivity contribution in [2.75, 3.05) is 6.54 Å². The lowest BCUT2D eigenvalue weighted by Crippen LogP contribution is -2.33. The van der Waals surface area contributed by atoms with Gasteiger partial charge in [0.15, 0.2) is 0 Å². The second-order valence-corrected chi connectivity index (χ2v) is 7.65. The minimum Gasteiger partial charge on any atom is -0.477 e. The van der Waals surface area contributed by atoms with Crippen molar-refractivity contribution in [1.29, 1.82) is 5.26 Å². The van der Waals surface area contributed by atoms with Crippen LogP contribution in [0.5, 0.6) is 0 Å². The van der Waals surface area contributed by atoms with Gasteiger partial charge in [-0.2, -0.15) is 5.26 Å². The molecule has 0 saturated heterocycles. The summed E-state index contributed by atoms with van der Waals surface area (Å²) in [5.41, 5.74) is -0.827. The van der Waals surface area contributed by atoms with Crippen molar-refractivity contribution in [3.05, 3.63) is 15.8 Å². The SMILES string of the molecule is Cc1sc(C(=O)O)cc1S(=O)(=O)NCC(C)(C)C#N. The zero-order valence-corrected chi connectivity index (χ0v) is 12.4. The monoisotopic (exact) mass is 302 g/mol. The molecule has 0 bridgehead atoms. The number of thiophene rings is 1. The van der Waals surface area contributed by atoms with Gasteiger partial charge in [0.1, 0.15) is 4.88 Å². The van der Waals surface area contributed by atoms with Gasteiger partial charge < -0.3 is 5.11 Å². The molecule has 1 rings (SSSR count). The predicted octanol–water partition coefficient (Wildman–Crippen LogP) is 1.58. The number of nitrogens with zero attached hydrogens (tertiary/aromatic N) is 1. The lowest BCUT2D eigenvalue weighted by atomic mass is 9.97. The van der Waals surface area contributed by atoms with Gasteiger partial charge in [-0.15, -0.1) is 11.3 Å². The van der Waals surface area contributed by atoms with Crippen LogP contribution in [0.15, 0.2) is 11.0 Å². The molecule has 1 heterocycles. The predicted molar refractivity (Wildman–Crippen MR) is 70.6 cm³/mol. The molecule has 0 amide bonds. The van der Waals surface area contributed by atoms with Gasteiger partial charge >= 0.3 is 5.97 Å². The van der Waals surface area contributed by atoms with Gasteiger partial charge in [0.2, 0.25) is 10.0 Å². The fraction of sp³-hybridized carbons (Fsp3) is 0.455. The Hall–Kier alpha value is -1.43. The van der Waals surface area contributed by atoms with E-state index in [1.807, 2.05) is 6.07 Å². The molecule has 6 nitrogen and oxygen atoms in total. The van der Waals surface area contributed by atoms with Crippen molar-refractivity contribution in [3.63, 3.8) is 0 Å². The van der Waals surface area contributed by atoms with Gasteiger partial charge in [0, 0.05) is 11.4 Å². The van der Waals surface area contributed by atoms with E-state index in [4.69, 9.17) is 10.4 Å². The standard InChI is InChI=1S/C11H14N2O4S2/c1-7-9(4-8(18-7)10(14)15)19(16,17)13-6-11(2,3)5-12/h4,13H,6H2,1-3H3,(H,14,15). The number of hydrogen-bond donors (Lipinski definition) is 2. The fourth-order valence-corrected chi connectivity index (χ4v) is 3.87. The van der Waals surface area contributed by atoms with Crippen LogP contribution in [0.25, 0.3) is 0 Å². The lowest BCUT2D eigenvalue weighted by Gasteiger charge is -2.15. The normalized spacial score (nSPS) is 12.1. The number of aryl methyl sites for hydroxylation is 1. The highest BCUT2D eigenvalue weighted by Gasteiger charge is 2.25. The van der Waals surface area contributed by atoms with Gasteiger partial charge in [-0.3, -0.25) is 0 Å². The number of sulfonamides is 1. The molecule has 0 aromatic carbocycles. The Morgan fingerprint density at radius 1 is 1.58 bits per heavy atom. The maximum absolute atomic E-state index is 12.0. The molecule has 0 aliphatic heterocycles. The van der Waals surface area contributed by atoms with Crippen molar-refractivity contribution < 1.29 is 18.3 Å². The zero-order chi connectivity index (χ0) is 14.8. The number of carbonyl (C=O) groups is 1. The molecular formula is C11H14N2O4S2. The molecule has 104 valence electrons. The van der Waals surface area contributed by atoms with Crippen LogP contribution in [0.1, 0.15) is 28.4 Å². The Kier molecular flexibility index (Phi) is 4.35. The second-order valence-electron chi connectivity index (χ2n) is 4.66. The Morgan fingerprint density at radius 3 is 2.58 bits per heavy atom. The van der Waals surface area contributed by atoms with Gasteiger partial charge in [0.25, 0.3) is 0 Å². The third-order valence-electron chi connectivity index (χ3n) is 2.38. The molecule has 1 aromatic rings. The highest BCUT2D eigenvalue weighted by atomic mass is 32.2. The van der Waals surface area contributed by atoms with Crippen molar-refractivity contribution in [3.8, 4) is 6.07 Å². The van der Waals surface area contributed by atoms with Crippen LogP contribution in [-0.4, -0.2) is 26.0 Å². The van der Waals surface area contributed by atoms with Gasteiger partial charge in [0.05, 0.1) is 16.4 Å². The topological polar surface area (TPSA) is 107 Å². The Balaban J connectivity index is 3.02. The first-order valence-electron chi connectivity index (χ1n) is 5.34. The first-order chi connectivity index (χ1) is 8.59. The summed E-state index contributed by atoms with van der Waals surface area (Å²) < 4.78 is 26.4. The van der Waals surface area contributed by atoms with E-state index < -0.39 is 21.4 Å². The number of carboxylic acids is 1. The maximum Gasteiger partial charge on any atom is 0.345 e. The quantitative estimate of drug-likeness (QED) is 0.858. The molecule has 0 unspecified atom stereocenters. The van der Waals surface area contributed by atoms with E-state index in [1.54, 1.807) is 20.8 Å². The molecule has 0 fully saturated rings. The number of nitriles is 1. The van der Waals surface area contributed by atoms with E-state index >= 15 is 0 Å². The van der Waals surface area contributed by atoms with E-state index in [0.29, 0.717) is 4.88 Å². The minimum atomic E-state index is -3.80. The first kappa shape index (κ1) is 15.6. The van der Waals surface area contributed by atoms with E-state index in [1.165, 1.54) is 0 Å². The molecule has 0 saturated carbocycles.